The fourth-order valence-electron chi connectivity index (χ4n) is 0.263. The van der Waals surface area contributed by atoms with Crippen LogP contribution in [0.15, 0.2) is 0 Å². The Morgan fingerprint density at radius 2 is 2.43 bits per heavy atom. The summed E-state index contributed by atoms with van der Waals surface area (Å²) in [4.78, 5) is 10.2. The summed E-state index contributed by atoms with van der Waals surface area (Å²) in [5.74, 6) is -0.123. The van der Waals surface area contributed by atoms with Crippen molar-refractivity contribution in [1.82, 2.24) is 0 Å². The number of carbonyl (C=O) groups excluding carboxylic acids is 1. The van der Waals surface area contributed by atoms with E-state index < -0.39 is 0 Å². The zero-order valence-electron chi connectivity index (χ0n) is 4.73. The average Bonchev–Trinajstić information content (AvgIpc) is 1.68. The van der Waals surface area contributed by atoms with E-state index in [1.165, 1.54) is 0 Å². The largest absolute Gasteiger partial charge is 0.466 e. The minimum Gasteiger partial charge on any atom is -0.466 e. The average molecular weight is 99.9 g/mol. The summed E-state index contributed by atoms with van der Waals surface area (Å²) in [7, 11) is 1.78. The monoisotopic (exact) mass is 100 g/mol. The second-order valence-corrected chi connectivity index (χ2v) is 1.16. The summed E-state index contributed by atoms with van der Waals surface area (Å²) >= 11 is 0. The minimum atomic E-state index is -0.123. The van der Waals surface area contributed by atoms with Crippen LogP contribution in [0.5, 0.6) is 0 Å². The molecular formula is C4H9BO2. The Kier molecular flexibility index (Phi) is 3.47. The number of carbonyl (C=O) groups is 1. The molecule has 0 aliphatic heterocycles. The molecular weight excluding hydrogens is 90.9 g/mol. The van der Waals surface area contributed by atoms with Gasteiger partial charge in [0.2, 0.25) is 0 Å². The molecule has 0 spiro atoms. The summed E-state index contributed by atoms with van der Waals surface area (Å²) in [6.07, 6.45) is 0.480. The highest BCUT2D eigenvalue weighted by atomic mass is 16.5. The maximum Gasteiger partial charge on any atom is 0.297 e. The first-order valence-electron chi connectivity index (χ1n) is 2.46. The van der Waals surface area contributed by atoms with Crippen molar-refractivity contribution in [3.63, 3.8) is 0 Å². The van der Waals surface area contributed by atoms with Crippen LogP contribution in [0.25, 0.3) is 0 Å². The van der Waals surface area contributed by atoms with Crippen molar-refractivity contribution < 1.29 is 9.53 Å². The van der Waals surface area contributed by atoms with Crippen molar-refractivity contribution in [2.45, 2.75) is 13.2 Å². The van der Waals surface area contributed by atoms with Crippen LogP contribution in [0.3, 0.4) is 0 Å². The Bertz CT molecular complexity index is 62.7. The van der Waals surface area contributed by atoms with Gasteiger partial charge in [0.05, 0.1) is 6.61 Å². The summed E-state index contributed by atoms with van der Waals surface area (Å²) < 4.78 is 4.55. The minimum absolute atomic E-state index is 0.123. The SMILES string of the molecule is BCC(=O)OCC. The van der Waals surface area contributed by atoms with E-state index in [1.807, 2.05) is 0 Å². The molecule has 0 radical (unpaired) electrons. The first-order valence-corrected chi connectivity index (χ1v) is 2.46. The molecule has 0 fully saturated rings. The van der Waals surface area contributed by atoms with Crippen LogP contribution in [0.2, 0.25) is 6.32 Å². The summed E-state index contributed by atoms with van der Waals surface area (Å²) in [6, 6.07) is 0. The van der Waals surface area contributed by atoms with Gasteiger partial charge in [-0.25, -0.2) is 0 Å². The van der Waals surface area contributed by atoms with E-state index in [0.29, 0.717) is 12.9 Å². The lowest BCUT2D eigenvalue weighted by Gasteiger charge is -1.93. The molecule has 7 heavy (non-hydrogen) atoms. The van der Waals surface area contributed by atoms with Crippen molar-refractivity contribution in [1.29, 1.82) is 0 Å². The van der Waals surface area contributed by atoms with Crippen molar-refractivity contribution in [2.24, 2.45) is 0 Å². The van der Waals surface area contributed by atoms with Gasteiger partial charge in [-0.3, -0.25) is 4.79 Å². The van der Waals surface area contributed by atoms with Gasteiger partial charge in [-0.05, 0) is 6.92 Å². The van der Waals surface area contributed by atoms with E-state index in [-0.39, 0.29) is 5.97 Å². The smallest absolute Gasteiger partial charge is 0.297 e. The van der Waals surface area contributed by atoms with Crippen LogP contribution < -0.4 is 0 Å². The van der Waals surface area contributed by atoms with Gasteiger partial charge < -0.3 is 4.74 Å². The quantitative estimate of drug-likeness (QED) is 0.348. The van der Waals surface area contributed by atoms with E-state index in [1.54, 1.807) is 14.8 Å². The molecule has 0 aromatic carbocycles. The highest BCUT2D eigenvalue weighted by Gasteiger charge is 1.91. The summed E-state index contributed by atoms with van der Waals surface area (Å²) in [5.41, 5.74) is 0. The first-order chi connectivity index (χ1) is 3.31. The van der Waals surface area contributed by atoms with Gasteiger partial charge in [0.15, 0.2) is 0 Å². The first kappa shape index (κ1) is 6.53. The third-order valence-electron chi connectivity index (χ3n) is 0.594. The van der Waals surface area contributed by atoms with Crippen molar-refractivity contribution in [2.75, 3.05) is 6.61 Å². The number of ether oxygens (including phenoxy) is 1. The Morgan fingerprint density at radius 3 is 2.57 bits per heavy atom. The molecule has 0 bridgehead atoms. The van der Waals surface area contributed by atoms with E-state index in [4.69, 9.17) is 0 Å². The van der Waals surface area contributed by atoms with E-state index in [9.17, 15) is 4.79 Å². The highest BCUT2D eigenvalue weighted by molar-refractivity contribution is 6.18. The van der Waals surface area contributed by atoms with E-state index in [2.05, 4.69) is 4.74 Å². The zero-order chi connectivity index (χ0) is 5.70. The lowest BCUT2D eigenvalue weighted by Crippen LogP contribution is -2.01. The Balaban J connectivity index is 3.00. The second-order valence-electron chi connectivity index (χ2n) is 1.16. The second kappa shape index (κ2) is 3.72. The molecule has 0 saturated carbocycles. The molecule has 0 aromatic heterocycles. The van der Waals surface area contributed by atoms with Crippen LogP contribution in [0.4, 0.5) is 0 Å². The van der Waals surface area contributed by atoms with Gasteiger partial charge in [-0.1, -0.05) is 0 Å². The highest BCUT2D eigenvalue weighted by Crippen LogP contribution is 1.78. The van der Waals surface area contributed by atoms with Crippen LogP contribution >= 0.6 is 0 Å². The van der Waals surface area contributed by atoms with Gasteiger partial charge in [-0.15, -0.1) is 0 Å². The molecule has 40 valence electrons. The molecule has 0 N–H and O–H groups in total. The van der Waals surface area contributed by atoms with Crippen molar-refractivity contribution >= 4 is 13.8 Å². The molecule has 0 aliphatic carbocycles. The molecule has 2 nitrogen and oxygen atoms in total. The zero-order valence-corrected chi connectivity index (χ0v) is 4.73. The molecule has 0 aromatic rings. The molecule has 0 amide bonds. The van der Waals surface area contributed by atoms with E-state index in [0.717, 1.165) is 0 Å². The van der Waals surface area contributed by atoms with Crippen LogP contribution in [-0.2, 0) is 9.53 Å². The molecule has 0 aliphatic rings. The Hall–Kier alpha value is -0.465. The van der Waals surface area contributed by atoms with E-state index >= 15 is 0 Å². The fraction of sp³-hybridized carbons (Fsp3) is 0.750. The van der Waals surface area contributed by atoms with Crippen LogP contribution in [0, 0.1) is 0 Å². The lowest BCUT2D eigenvalue weighted by molar-refractivity contribution is -0.140. The molecule has 0 atom stereocenters. The maximum atomic E-state index is 10.2. The van der Waals surface area contributed by atoms with Crippen LogP contribution in [-0.4, -0.2) is 20.4 Å². The van der Waals surface area contributed by atoms with Gasteiger partial charge in [0.1, 0.15) is 7.85 Å². The number of rotatable bonds is 2. The van der Waals surface area contributed by atoms with Crippen molar-refractivity contribution in [3.8, 4) is 0 Å². The van der Waals surface area contributed by atoms with Gasteiger partial charge >= 0.3 is 0 Å². The molecule has 0 rings (SSSR count). The molecule has 3 heteroatoms. The third kappa shape index (κ3) is 3.36. The predicted molar refractivity (Wildman–Crippen MR) is 30.0 cm³/mol. The predicted octanol–water partition coefficient (Wildman–Crippen LogP) is -0.399. The standard InChI is InChI=1S/C4H9BO2/c1-2-7-4(6)3-5/h2-3,5H2,1H3. The lowest BCUT2D eigenvalue weighted by atomic mass is 10.1. The number of hydrogen-bond donors (Lipinski definition) is 0. The Morgan fingerprint density at radius 1 is 1.86 bits per heavy atom. The fourth-order valence-corrected chi connectivity index (χ4v) is 0.263. The molecule has 0 heterocycles. The van der Waals surface area contributed by atoms with Crippen LogP contribution in [0.1, 0.15) is 6.92 Å². The maximum absolute atomic E-state index is 10.2. The molecule has 0 saturated heterocycles. The normalized spacial score (nSPS) is 8.14. The summed E-state index contributed by atoms with van der Waals surface area (Å²) in [5, 5.41) is 0. The number of esters is 1. The molecule has 0 unspecified atom stereocenters. The van der Waals surface area contributed by atoms with Crippen molar-refractivity contribution in [3.05, 3.63) is 0 Å². The number of hydrogen-bond acceptors (Lipinski definition) is 2. The van der Waals surface area contributed by atoms with Gasteiger partial charge in [-0.2, -0.15) is 0 Å². The topological polar surface area (TPSA) is 26.3 Å². The summed E-state index contributed by atoms with van der Waals surface area (Å²) in [6.45, 7) is 2.29. The van der Waals surface area contributed by atoms with Gasteiger partial charge in [0.25, 0.3) is 5.97 Å². The Labute approximate surface area is 44.3 Å². The van der Waals surface area contributed by atoms with Gasteiger partial charge in [0, 0.05) is 6.32 Å². The third-order valence-corrected chi connectivity index (χ3v) is 0.594.